The maximum Gasteiger partial charge on any atom is 0.273 e. The first-order chi connectivity index (χ1) is 13.5. The number of hydrogen-bond acceptors (Lipinski definition) is 2. The van der Waals surface area contributed by atoms with E-state index in [0.29, 0.717) is 17.7 Å². The molecule has 1 saturated heterocycles. The second-order valence-corrected chi connectivity index (χ2v) is 7.15. The molecule has 140 valence electrons. The van der Waals surface area contributed by atoms with Crippen molar-refractivity contribution in [3.8, 4) is 0 Å². The second kappa shape index (κ2) is 7.39. The summed E-state index contributed by atoms with van der Waals surface area (Å²) in [5.74, 6) is -0.494. The predicted molar refractivity (Wildman–Crippen MR) is 111 cm³/mol. The Kier molecular flexibility index (Phi) is 4.78. The highest BCUT2D eigenvalue weighted by Gasteiger charge is 2.39. The predicted octanol–water partition coefficient (Wildman–Crippen LogP) is 5.69. The fourth-order valence-corrected chi connectivity index (χ4v) is 3.51. The van der Waals surface area contributed by atoms with Crippen LogP contribution in [0.15, 0.2) is 77.8 Å². The Balaban J connectivity index is 1.78. The Hall–Kier alpha value is -3.27. The number of rotatable bonds is 3. The molecule has 4 rings (SSSR count). The minimum Gasteiger partial charge on any atom is -0.299 e. The van der Waals surface area contributed by atoms with Crippen LogP contribution < -0.4 is 4.90 Å². The largest absolute Gasteiger partial charge is 0.299 e. The Morgan fingerprint density at radius 3 is 2.14 bits per heavy atom. The zero-order valence-corrected chi connectivity index (χ0v) is 15.9. The molecule has 1 aliphatic heterocycles. The number of amides is 1. The number of carbonyl (C=O) groups is 1. The molecular weight excluding hydrogens is 351 g/mol. The van der Waals surface area contributed by atoms with Gasteiger partial charge in [0.15, 0.2) is 0 Å². The van der Waals surface area contributed by atoms with Gasteiger partial charge >= 0.3 is 0 Å². The molecule has 0 spiro atoms. The van der Waals surface area contributed by atoms with Crippen LogP contribution in [-0.2, 0) is 4.79 Å². The van der Waals surface area contributed by atoms with Crippen molar-refractivity contribution in [1.29, 1.82) is 0 Å². The Bertz CT molecular complexity index is 1040. The van der Waals surface area contributed by atoms with Crippen molar-refractivity contribution >= 4 is 23.0 Å². The number of halogens is 1. The van der Waals surface area contributed by atoms with Crippen LogP contribution >= 0.6 is 0 Å². The van der Waals surface area contributed by atoms with Gasteiger partial charge in [0.1, 0.15) is 11.5 Å². The van der Waals surface area contributed by atoms with E-state index in [1.54, 1.807) is 23.1 Å². The molecule has 1 unspecified atom stereocenters. The third kappa shape index (κ3) is 3.46. The summed E-state index contributed by atoms with van der Waals surface area (Å²) in [7, 11) is 0. The highest BCUT2D eigenvalue weighted by molar-refractivity contribution is 6.46. The van der Waals surface area contributed by atoms with Crippen LogP contribution in [0.3, 0.4) is 0 Å². The SMILES string of the molecule is Cc1ccc(N=C2CC(c3ccccc3F)N(c3ccc(C)cc3)C2=O)cc1. The van der Waals surface area contributed by atoms with Gasteiger partial charge in [0.2, 0.25) is 0 Å². The average molecular weight is 372 g/mol. The van der Waals surface area contributed by atoms with Gasteiger partial charge in [0.25, 0.3) is 5.91 Å². The van der Waals surface area contributed by atoms with Crippen molar-refractivity contribution in [2.24, 2.45) is 4.99 Å². The summed E-state index contributed by atoms with van der Waals surface area (Å²) in [5.41, 5.74) is 4.66. The lowest BCUT2D eigenvalue weighted by Gasteiger charge is -2.25. The summed E-state index contributed by atoms with van der Waals surface area (Å²) >= 11 is 0. The molecule has 0 bridgehead atoms. The molecule has 0 aromatic heterocycles. The number of anilines is 1. The summed E-state index contributed by atoms with van der Waals surface area (Å²) in [5, 5.41) is 0. The number of benzene rings is 3. The van der Waals surface area contributed by atoms with Gasteiger partial charge in [0, 0.05) is 17.7 Å². The van der Waals surface area contributed by atoms with Gasteiger partial charge in [-0.15, -0.1) is 0 Å². The Morgan fingerprint density at radius 2 is 1.50 bits per heavy atom. The Morgan fingerprint density at radius 1 is 0.893 bits per heavy atom. The maximum absolute atomic E-state index is 14.5. The van der Waals surface area contributed by atoms with E-state index in [0.717, 1.165) is 22.5 Å². The Labute approximate surface area is 164 Å². The van der Waals surface area contributed by atoms with E-state index in [1.807, 2.05) is 62.4 Å². The van der Waals surface area contributed by atoms with Crippen molar-refractivity contribution in [2.75, 3.05) is 4.90 Å². The van der Waals surface area contributed by atoms with Gasteiger partial charge < -0.3 is 0 Å². The van der Waals surface area contributed by atoms with Crippen molar-refractivity contribution in [3.05, 3.63) is 95.3 Å². The molecule has 0 aliphatic carbocycles. The zero-order chi connectivity index (χ0) is 19.7. The molecule has 1 amide bonds. The molecule has 3 nitrogen and oxygen atoms in total. The number of hydrogen-bond donors (Lipinski definition) is 0. The number of aliphatic imine (C=N–C) groups is 1. The lowest BCUT2D eigenvalue weighted by molar-refractivity contribution is -0.112. The monoisotopic (exact) mass is 372 g/mol. The topological polar surface area (TPSA) is 32.7 Å². The molecule has 28 heavy (non-hydrogen) atoms. The van der Waals surface area contributed by atoms with Crippen LogP contribution in [0.1, 0.15) is 29.2 Å². The highest BCUT2D eigenvalue weighted by Crippen LogP contribution is 2.37. The van der Waals surface area contributed by atoms with Gasteiger partial charge in [-0.05, 0) is 44.2 Å². The maximum atomic E-state index is 14.5. The third-order valence-electron chi connectivity index (χ3n) is 5.04. The van der Waals surface area contributed by atoms with Crippen LogP contribution in [0.25, 0.3) is 0 Å². The van der Waals surface area contributed by atoms with E-state index in [4.69, 9.17) is 0 Å². The number of carbonyl (C=O) groups excluding carboxylic acids is 1. The summed E-state index contributed by atoms with van der Waals surface area (Å²) in [6.07, 6.45) is 0.363. The third-order valence-corrected chi connectivity index (χ3v) is 5.04. The summed E-state index contributed by atoms with van der Waals surface area (Å²) < 4.78 is 14.5. The second-order valence-electron chi connectivity index (χ2n) is 7.15. The smallest absolute Gasteiger partial charge is 0.273 e. The minimum absolute atomic E-state index is 0.183. The quantitative estimate of drug-likeness (QED) is 0.581. The van der Waals surface area contributed by atoms with E-state index in [2.05, 4.69) is 4.99 Å². The van der Waals surface area contributed by atoms with E-state index in [1.165, 1.54) is 6.07 Å². The van der Waals surface area contributed by atoms with E-state index >= 15 is 0 Å². The van der Waals surface area contributed by atoms with E-state index < -0.39 is 6.04 Å². The molecule has 0 radical (unpaired) electrons. The van der Waals surface area contributed by atoms with E-state index in [-0.39, 0.29) is 11.7 Å². The molecule has 4 heteroatoms. The fourth-order valence-electron chi connectivity index (χ4n) is 3.51. The normalized spacial score (nSPS) is 18.1. The lowest BCUT2D eigenvalue weighted by Crippen LogP contribution is -2.29. The first kappa shape index (κ1) is 18.1. The zero-order valence-electron chi connectivity index (χ0n) is 15.9. The average Bonchev–Trinajstić information content (AvgIpc) is 3.01. The summed E-state index contributed by atoms with van der Waals surface area (Å²) in [4.78, 5) is 19.5. The van der Waals surface area contributed by atoms with Crippen molar-refractivity contribution in [1.82, 2.24) is 0 Å². The van der Waals surface area contributed by atoms with Crippen LogP contribution in [-0.4, -0.2) is 11.6 Å². The fraction of sp³-hybridized carbons (Fsp3) is 0.167. The lowest BCUT2D eigenvalue weighted by atomic mass is 10.0. The van der Waals surface area contributed by atoms with Crippen LogP contribution in [0.2, 0.25) is 0 Å². The van der Waals surface area contributed by atoms with E-state index in [9.17, 15) is 9.18 Å². The summed E-state index contributed by atoms with van der Waals surface area (Å²) in [6, 6.07) is 21.6. The van der Waals surface area contributed by atoms with Gasteiger partial charge in [-0.2, -0.15) is 0 Å². The molecule has 0 saturated carbocycles. The molecule has 1 heterocycles. The number of aryl methyl sites for hydroxylation is 2. The van der Waals surface area contributed by atoms with Crippen LogP contribution in [0.5, 0.6) is 0 Å². The van der Waals surface area contributed by atoms with Crippen molar-refractivity contribution < 1.29 is 9.18 Å². The van der Waals surface area contributed by atoms with Gasteiger partial charge in [0.05, 0.1) is 11.7 Å². The van der Waals surface area contributed by atoms with Gasteiger partial charge in [-0.25, -0.2) is 9.38 Å². The van der Waals surface area contributed by atoms with Crippen LogP contribution in [0.4, 0.5) is 15.8 Å². The van der Waals surface area contributed by atoms with Crippen LogP contribution in [0, 0.1) is 19.7 Å². The molecule has 1 atom stereocenters. The molecule has 1 fully saturated rings. The first-order valence-corrected chi connectivity index (χ1v) is 9.32. The standard InChI is InChI=1S/C24H21FN2O/c1-16-7-11-18(12-8-16)26-22-15-23(20-5-3-4-6-21(20)25)27(24(22)28)19-13-9-17(2)10-14-19/h3-14,23H,15H2,1-2H3. The van der Waals surface area contributed by atoms with Crippen molar-refractivity contribution in [2.45, 2.75) is 26.3 Å². The molecule has 1 aliphatic rings. The molecule has 3 aromatic rings. The van der Waals surface area contributed by atoms with Gasteiger partial charge in [-0.3, -0.25) is 9.69 Å². The first-order valence-electron chi connectivity index (χ1n) is 9.32. The highest BCUT2D eigenvalue weighted by atomic mass is 19.1. The summed E-state index contributed by atoms with van der Waals surface area (Å²) in [6.45, 7) is 4.00. The molecular formula is C24H21FN2O. The van der Waals surface area contributed by atoms with Gasteiger partial charge in [-0.1, -0.05) is 53.6 Å². The minimum atomic E-state index is -0.416. The molecule has 3 aromatic carbocycles. The molecule has 0 N–H and O–H groups in total. The van der Waals surface area contributed by atoms with Crippen molar-refractivity contribution in [3.63, 3.8) is 0 Å². The number of nitrogens with zero attached hydrogens (tertiary/aromatic N) is 2.